The van der Waals surface area contributed by atoms with Crippen LogP contribution in [-0.4, -0.2) is 10.1 Å². The Morgan fingerprint density at radius 1 is 1.33 bits per heavy atom. The molecule has 0 bridgehead atoms. The molecule has 1 heterocycles. The maximum Gasteiger partial charge on any atom is 0.249 e. The number of hydrogen-bond donors (Lipinski definition) is 0. The van der Waals surface area contributed by atoms with E-state index in [0.717, 1.165) is 17.8 Å². The number of aromatic nitrogens is 2. The van der Waals surface area contributed by atoms with Gasteiger partial charge in [-0.2, -0.15) is 4.98 Å². The third kappa shape index (κ3) is 2.03. The lowest BCUT2D eigenvalue weighted by atomic mass is 10.1. The van der Waals surface area contributed by atoms with Crippen LogP contribution in [0.4, 0.5) is 0 Å². The van der Waals surface area contributed by atoms with Gasteiger partial charge >= 0.3 is 0 Å². The number of hydrogen-bond acceptors (Lipinski definition) is 3. The number of alkyl halides is 1. The Hall–Kier alpha value is -1.35. The Balaban J connectivity index is 1.82. The fourth-order valence-corrected chi connectivity index (χ4v) is 2.40. The maximum atomic E-state index is 6.34. The van der Waals surface area contributed by atoms with Gasteiger partial charge in [-0.3, -0.25) is 0 Å². The van der Waals surface area contributed by atoms with Gasteiger partial charge < -0.3 is 4.52 Å². The molecular weight excluding hydrogens is 248 g/mol. The number of nitrogens with zero attached hydrogens (tertiary/aromatic N) is 2. The van der Waals surface area contributed by atoms with Gasteiger partial charge in [0.25, 0.3) is 0 Å². The summed E-state index contributed by atoms with van der Waals surface area (Å²) >= 11 is 6.34. The molecule has 0 radical (unpaired) electrons. The van der Waals surface area contributed by atoms with Crippen molar-refractivity contribution in [1.29, 1.82) is 0 Å². The van der Waals surface area contributed by atoms with Crippen molar-refractivity contribution < 1.29 is 4.52 Å². The second kappa shape index (κ2) is 4.09. The fraction of sp³-hybridized carbons (Fsp3) is 0.429. The average molecular weight is 263 g/mol. The van der Waals surface area contributed by atoms with Gasteiger partial charge in [-0.25, -0.2) is 0 Å². The van der Waals surface area contributed by atoms with Gasteiger partial charge in [0.2, 0.25) is 5.89 Å². The molecule has 0 amide bonds. The summed E-state index contributed by atoms with van der Waals surface area (Å²) in [6.45, 7) is 4.42. The van der Waals surface area contributed by atoms with E-state index in [1.807, 2.05) is 30.3 Å². The number of rotatable bonds is 3. The van der Waals surface area contributed by atoms with Crippen LogP contribution in [0.1, 0.15) is 48.8 Å². The second-order valence-electron chi connectivity index (χ2n) is 5.51. The van der Waals surface area contributed by atoms with Crippen molar-refractivity contribution in [3.63, 3.8) is 0 Å². The summed E-state index contributed by atoms with van der Waals surface area (Å²) in [6.07, 6.45) is 1.12. The predicted molar refractivity (Wildman–Crippen MR) is 69.6 cm³/mol. The molecule has 1 aromatic carbocycles. The lowest BCUT2D eigenvalue weighted by Gasteiger charge is -2.03. The van der Waals surface area contributed by atoms with E-state index in [9.17, 15) is 0 Å². The van der Waals surface area contributed by atoms with Gasteiger partial charge in [0.05, 0.1) is 0 Å². The van der Waals surface area contributed by atoms with Gasteiger partial charge in [-0.05, 0) is 17.4 Å². The van der Waals surface area contributed by atoms with Crippen LogP contribution in [0.15, 0.2) is 34.9 Å². The van der Waals surface area contributed by atoms with Crippen LogP contribution in [0.25, 0.3) is 0 Å². The average Bonchev–Trinajstić information content (AvgIpc) is 2.80. The molecule has 94 valence electrons. The van der Waals surface area contributed by atoms with Gasteiger partial charge in [0.1, 0.15) is 5.38 Å². The van der Waals surface area contributed by atoms with Crippen molar-refractivity contribution in [3.05, 3.63) is 47.6 Å². The van der Waals surface area contributed by atoms with Crippen molar-refractivity contribution in [2.75, 3.05) is 0 Å². The van der Waals surface area contributed by atoms with Gasteiger partial charge in [0, 0.05) is 5.92 Å². The van der Waals surface area contributed by atoms with E-state index in [2.05, 4.69) is 24.0 Å². The van der Waals surface area contributed by atoms with E-state index >= 15 is 0 Å². The first-order chi connectivity index (χ1) is 8.58. The van der Waals surface area contributed by atoms with Crippen molar-refractivity contribution in [2.45, 2.75) is 31.6 Å². The first kappa shape index (κ1) is 11.7. The Bertz CT molecular complexity index is 550. The van der Waals surface area contributed by atoms with E-state index in [4.69, 9.17) is 16.1 Å². The zero-order valence-electron chi connectivity index (χ0n) is 10.4. The topological polar surface area (TPSA) is 38.9 Å². The van der Waals surface area contributed by atoms with E-state index in [0.29, 0.717) is 17.2 Å². The zero-order valence-corrected chi connectivity index (χ0v) is 11.2. The molecule has 3 nitrogen and oxygen atoms in total. The van der Waals surface area contributed by atoms with E-state index in [1.165, 1.54) is 0 Å². The van der Waals surface area contributed by atoms with Gasteiger partial charge in [0.15, 0.2) is 5.82 Å². The Kier molecular flexibility index (Phi) is 2.67. The summed E-state index contributed by atoms with van der Waals surface area (Å²) in [5.41, 5.74) is 1.28. The molecule has 3 rings (SSSR count). The first-order valence-electron chi connectivity index (χ1n) is 6.10. The molecule has 2 aromatic rings. The maximum absolute atomic E-state index is 6.34. The van der Waals surface area contributed by atoms with E-state index < -0.39 is 0 Å². The largest absolute Gasteiger partial charge is 0.337 e. The molecule has 1 aliphatic carbocycles. The Labute approximate surface area is 111 Å². The molecule has 1 aromatic heterocycles. The molecular formula is C14H15ClN2O. The molecule has 18 heavy (non-hydrogen) atoms. The first-order valence-corrected chi connectivity index (χ1v) is 6.54. The van der Waals surface area contributed by atoms with Crippen molar-refractivity contribution in [1.82, 2.24) is 10.1 Å². The van der Waals surface area contributed by atoms with Crippen LogP contribution in [0.3, 0.4) is 0 Å². The highest BCUT2D eigenvalue weighted by Gasteiger charge is 2.49. The summed E-state index contributed by atoms with van der Waals surface area (Å²) in [7, 11) is 0. The van der Waals surface area contributed by atoms with E-state index in [-0.39, 0.29) is 5.38 Å². The highest BCUT2D eigenvalue weighted by atomic mass is 35.5. The standard InChI is InChI=1S/C14H15ClN2O/c1-14(2)8-10(14)12-16-13(18-17-12)11(15)9-6-4-3-5-7-9/h3-7,10-11H,8H2,1-2H3. The molecule has 1 fully saturated rings. The van der Waals surface area contributed by atoms with Crippen LogP contribution < -0.4 is 0 Å². The molecule has 0 aliphatic heterocycles. The second-order valence-corrected chi connectivity index (χ2v) is 5.95. The predicted octanol–water partition coefficient (Wildman–Crippen LogP) is 3.91. The quantitative estimate of drug-likeness (QED) is 0.787. The third-order valence-electron chi connectivity index (χ3n) is 3.59. The summed E-state index contributed by atoms with van der Waals surface area (Å²) < 4.78 is 5.28. The smallest absolute Gasteiger partial charge is 0.249 e. The lowest BCUT2D eigenvalue weighted by Crippen LogP contribution is -1.95. The summed E-state index contributed by atoms with van der Waals surface area (Å²) in [5.74, 6) is 1.69. The molecule has 0 N–H and O–H groups in total. The summed E-state index contributed by atoms with van der Waals surface area (Å²) in [6, 6.07) is 9.78. The molecule has 1 aliphatic rings. The van der Waals surface area contributed by atoms with Gasteiger partial charge in [-0.1, -0.05) is 49.3 Å². The molecule has 1 saturated carbocycles. The monoisotopic (exact) mass is 262 g/mol. The van der Waals surface area contributed by atoms with E-state index in [1.54, 1.807) is 0 Å². The summed E-state index contributed by atoms with van der Waals surface area (Å²) in [4.78, 5) is 4.43. The minimum atomic E-state index is -0.366. The minimum Gasteiger partial charge on any atom is -0.337 e. The fourth-order valence-electron chi connectivity index (χ4n) is 2.16. The minimum absolute atomic E-state index is 0.301. The SMILES string of the molecule is CC1(C)CC1c1noc(C(Cl)c2ccccc2)n1. The van der Waals surface area contributed by atoms with Gasteiger partial charge in [-0.15, -0.1) is 11.6 Å². The Morgan fingerprint density at radius 2 is 2.00 bits per heavy atom. The molecule has 4 heteroatoms. The lowest BCUT2D eigenvalue weighted by molar-refractivity contribution is 0.375. The highest BCUT2D eigenvalue weighted by Crippen LogP contribution is 2.57. The van der Waals surface area contributed by atoms with Crippen molar-refractivity contribution >= 4 is 11.6 Å². The summed E-state index contributed by atoms with van der Waals surface area (Å²) in [5, 5.41) is 3.68. The van der Waals surface area contributed by atoms with Crippen LogP contribution in [0.5, 0.6) is 0 Å². The van der Waals surface area contributed by atoms with Crippen LogP contribution in [0, 0.1) is 5.41 Å². The zero-order chi connectivity index (χ0) is 12.8. The molecule has 2 atom stereocenters. The van der Waals surface area contributed by atoms with Crippen LogP contribution in [0.2, 0.25) is 0 Å². The number of halogens is 1. The number of benzene rings is 1. The molecule has 0 saturated heterocycles. The van der Waals surface area contributed by atoms with Crippen molar-refractivity contribution in [3.8, 4) is 0 Å². The third-order valence-corrected chi connectivity index (χ3v) is 4.03. The Morgan fingerprint density at radius 3 is 2.61 bits per heavy atom. The van der Waals surface area contributed by atoms with Crippen LogP contribution >= 0.6 is 11.6 Å². The molecule has 0 spiro atoms. The molecule has 2 unspecified atom stereocenters. The van der Waals surface area contributed by atoms with Crippen LogP contribution in [-0.2, 0) is 0 Å². The normalized spacial score (nSPS) is 22.7. The highest BCUT2D eigenvalue weighted by molar-refractivity contribution is 6.22. The van der Waals surface area contributed by atoms with Crippen molar-refractivity contribution in [2.24, 2.45) is 5.41 Å².